The van der Waals surface area contributed by atoms with E-state index in [2.05, 4.69) is 16.7 Å². The second-order valence-corrected chi connectivity index (χ2v) is 3.44. The molecule has 2 nitrogen and oxygen atoms in total. The van der Waals surface area contributed by atoms with Gasteiger partial charge >= 0.3 is 0 Å². The summed E-state index contributed by atoms with van der Waals surface area (Å²) in [4.78, 5) is 14.4. The Morgan fingerprint density at radius 1 is 1.58 bits per heavy atom. The van der Waals surface area contributed by atoms with E-state index in [4.69, 9.17) is 0 Å². The van der Waals surface area contributed by atoms with Gasteiger partial charge in [-0.05, 0) is 24.6 Å². The molecule has 0 bridgehead atoms. The van der Waals surface area contributed by atoms with E-state index < -0.39 is 0 Å². The van der Waals surface area contributed by atoms with Crippen LogP contribution >= 0.6 is 22.5 Å². The molecular weight excluding hydrogens is 190 g/mol. The Balaban J connectivity index is 3.19. The molecule has 0 saturated carbocycles. The quantitative estimate of drug-likeness (QED) is 0.342. The Morgan fingerprint density at radius 2 is 2.33 bits per heavy atom. The van der Waals surface area contributed by atoms with Crippen molar-refractivity contribution in [2.75, 3.05) is 0 Å². The molecule has 1 aromatic rings. The van der Waals surface area contributed by atoms with E-state index >= 15 is 0 Å². The lowest BCUT2D eigenvalue weighted by Crippen LogP contribution is -1.74. The van der Waals surface area contributed by atoms with Gasteiger partial charge in [0.25, 0.3) is 0 Å². The van der Waals surface area contributed by atoms with Gasteiger partial charge in [-0.3, -0.25) is 0 Å². The second-order valence-electron chi connectivity index (χ2n) is 2.27. The zero-order valence-electron chi connectivity index (χ0n) is 6.44. The molecule has 0 heterocycles. The monoisotopic (exact) mass is 197 g/mol. The van der Waals surface area contributed by atoms with E-state index in [-0.39, 0.29) is 0 Å². The maximum atomic E-state index is 10.0. The number of hydrogen-bond donors (Lipinski definition) is 1. The Labute approximate surface area is 79.9 Å². The number of aryl methyl sites for hydroxylation is 1. The van der Waals surface area contributed by atoms with Gasteiger partial charge in [0.1, 0.15) is 0 Å². The molecule has 0 aliphatic carbocycles. The molecule has 62 valence electrons. The number of rotatable bonds is 2. The topological polar surface area (TPSA) is 29.4 Å². The number of carbonyl (C=O) groups excluding carboxylic acids is 1. The highest BCUT2D eigenvalue weighted by Gasteiger charge is 1.99. The molecule has 0 radical (unpaired) electrons. The van der Waals surface area contributed by atoms with E-state index in [0.29, 0.717) is 5.69 Å². The normalized spacial score (nSPS) is 9.17. The molecular formula is C8H7NOS2. The van der Waals surface area contributed by atoms with Gasteiger partial charge in [-0.2, -0.15) is 4.99 Å². The van der Waals surface area contributed by atoms with Crippen molar-refractivity contribution < 1.29 is 4.79 Å². The molecule has 0 spiro atoms. The van der Waals surface area contributed by atoms with Gasteiger partial charge < -0.3 is 0 Å². The summed E-state index contributed by atoms with van der Waals surface area (Å²) >= 11 is 4.05. The van der Waals surface area contributed by atoms with Gasteiger partial charge in [0.05, 0.1) is 5.69 Å². The molecule has 0 saturated heterocycles. The Kier molecular flexibility index (Phi) is 3.41. The van der Waals surface area contributed by atoms with Crippen molar-refractivity contribution in [3.05, 3.63) is 23.8 Å². The molecule has 12 heavy (non-hydrogen) atoms. The van der Waals surface area contributed by atoms with Crippen LogP contribution in [-0.4, -0.2) is 6.08 Å². The van der Waals surface area contributed by atoms with Gasteiger partial charge in [0.15, 0.2) is 0 Å². The number of hydrogen-bond acceptors (Lipinski definition) is 4. The lowest BCUT2D eigenvalue weighted by molar-refractivity contribution is 0.565. The number of aliphatic imine (C=N–C) groups is 1. The summed E-state index contributed by atoms with van der Waals surface area (Å²) in [6, 6.07) is 5.59. The van der Waals surface area contributed by atoms with Gasteiger partial charge in [0.2, 0.25) is 6.08 Å². The number of isocyanates is 1. The minimum absolute atomic E-state index is 0.621. The highest BCUT2D eigenvalue weighted by molar-refractivity contribution is 8.68. The molecule has 0 aliphatic rings. The van der Waals surface area contributed by atoms with Crippen LogP contribution in [0, 0.1) is 6.92 Å². The molecule has 0 amide bonds. The summed E-state index contributed by atoms with van der Waals surface area (Å²) in [6.07, 6.45) is 1.51. The van der Waals surface area contributed by atoms with Crippen LogP contribution < -0.4 is 0 Å². The largest absolute Gasteiger partial charge is 0.240 e. The SMILES string of the molecule is Cc1ccc(N=C=O)c(SS)c1. The van der Waals surface area contributed by atoms with E-state index in [1.54, 1.807) is 6.07 Å². The first-order chi connectivity index (χ1) is 5.77. The highest BCUT2D eigenvalue weighted by atomic mass is 33.1. The first-order valence-corrected chi connectivity index (χ1v) is 5.14. The van der Waals surface area contributed by atoms with Crippen LogP contribution in [0.4, 0.5) is 5.69 Å². The third-order valence-corrected chi connectivity index (χ3v) is 2.49. The van der Waals surface area contributed by atoms with E-state index in [1.807, 2.05) is 19.1 Å². The fourth-order valence-electron chi connectivity index (χ4n) is 0.836. The average Bonchev–Trinajstić information content (AvgIpc) is 2.08. The van der Waals surface area contributed by atoms with Crippen LogP contribution in [0.1, 0.15) is 5.56 Å². The van der Waals surface area contributed by atoms with Crippen molar-refractivity contribution in [2.45, 2.75) is 11.8 Å². The molecule has 0 atom stereocenters. The van der Waals surface area contributed by atoms with Crippen LogP contribution in [0.25, 0.3) is 0 Å². The average molecular weight is 197 g/mol. The summed E-state index contributed by atoms with van der Waals surface area (Å²) in [5.74, 6) is 0. The van der Waals surface area contributed by atoms with E-state index in [9.17, 15) is 4.79 Å². The van der Waals surface area contributed by atoms with Crippen molar-refractivity contribution in [3.63, 3.8) is 0 Å². The minimum atomic E-state index is 0.621. The lowest BCUT2D eigenvalue weighted by atomic mass is 10.2. The van der Waals surface area contributed by atoms with E-state index in [1.165, 1.54) is 16.9 Å². The fourth-order valence-corrected chi connectivity index (χ4v) is 1.72. The van der Waals surface area contributed by atoms with Crippen LogP contribution in [0.2, 0.25) is 0 Å². The number of benzene rings is 1. The highest BCUT2D eigenvalue weighted by Crippen LogP contribution is 2.32. The van der Waals surface area contributed by atoms with E-state index in [0.717, 1.165) is 10.5 Å². The first kappa shape index (κ1) is 9.39. The third-order valence-electron chi connectivity index (χ3n) is 1.38. The van der Waals surface area contributed by atoms with Crippen molar-refractivity contribution >= 4 is 34.2 Å². The zero-order valence-corrected chi connectivity index (χ0v) is 8.15. The number of nitrogens with zero attached hydrogens (tertiary/aromatic N) is 1. The summed E-state index contributed by atoms with van der Waals surface area (Å²) in [7, 11) is 1.27. The fraction of sp³-hybridized carbons (Fsp3) is 0.125. The molecule has 0 aliphatic heterocycles. The standard InChI is InChI=1S/C8H7NOS2/c1-6-2-3-7(9-5-10)8(4-6)12-11/h2-4,11H,1H3. The van der Waals surface area contributed by atoms with Gasteiger partial charge in [-0.25, -0.2) is 4.79 Å². The van der Waals surface area contributed by atoms with Crippen molar-refractivity contribution in [2.24, 2.45) is 4.99 Å². The smallest absolute Gasteiger partial charge is 0.211 e. The van der Waals surface area contributed by atoms with Crippen molar-refractivity contribution in [1.29, 1.82) is 0 Å². The van der Waals surface area contributed by atoms with Gasteiger partial charge in [-0.1, -0.05) is 16.9 Å². The van der Waals surface area contributed by atoms with Gasteiger partial charge in [-0.15, -0.1) is 11.7 Å². The maximum absolute atomic E-state index is 10.0. The van der Waals surface area contributed by atoms with Crippen molar-refractivity contribution in [1.82, 2.24) is 0 Å². The van der Waals surface area contributed by atoms with Crippen LogP contribution in [0.15, 0.2) is 28.1 Å². The summed E-state index contributed by atoms with van der Waals surface area (Å²) in [6.45, 7) is 1.97. The molecule has 1 rings (SSSR count). The summed E-state index contributed by atoms with van der Waals surface area (Å²) in [5.41, 5.74) is 1.74. The Bertz CT molecular complexity index is 332. The molecule has 0 unspecified atom stereocenters. The molecule has 4 heteroatoms. The third kappa shape index (κ3) is 2.14. The molecule has 1 aromatic carbocycles. The second kappa shape index (κ2) is 4.36. The van der Waals surface area contributed by atoms with Gasteiger partial charge in [0, 0.05) is 4.90 Å². The van der Waals surface area contributed by atoms with Crippen LogP contribution in [0.5, 0.6) is 0 Å². The molecule has 0 aromatic heterocycles. The zero-order chi connectivity index (χ0) is 8.97. The first-order valence-electron chi connectivity index (χ1n) is 3.28. The molecule has 0 N–H and O–H groups in total. The van der Waals surface area contributed by atoms with Crippen LogP contribution in [0.3, 0.4) is 0 Å². The minimum Gasteiger partial charge on any atom is -0.211 e. The summed E-state index contributed by atoms with van der Waals surface area (Å²) in [5, 5.41) is 0. The Hall–Kier alpha value is -0.700. The molecule has 0 fully saturated rings. The van der Waals surface area contributed by atoms with Crippen molar-refractivity contribution in [3.8, 4) is 0 Å². The summed E-state index contributed by atoms with van der Waals surface area (Å²) < 4.78 is 0. The number of thiol groups is 1. The Morgan fingerprint density at radius 3 is 2.92 bits per heavy atom. The predicted molar refractivity (Wildman–Crippen MR) is 53.8 cm³/mol. The maximum Gasteiger partial charge on any atom is 0.240 e. The lowest BCUT2D eigenvalue weighted by Gasteiger charge is -2.00. The van der Waals surface area contributed by atoms with Crippen LogP contribution in [-0.2, 0) is 4.79 Å². The predicted octanol–water partition coefficient (Wildman–Crippen LogP) is 2.90.